The topological polar surface area (TPSA) is 62.8 Å². The van der Waals surface area contributed by atoms with E-state index in [0.717, 1.165) is 11.8 Å². The van der Waals surface area contributed by atoms with Crippen LogP contribution in [0.3, 0.4) is 0 Å². The lowest BCUT2D eigenvalue weighted by Gasteiger charge is -2.04. The van der Waals surface area contributed by atoms with E-state index in [2.05, 4.69) is 9.97 Å². The summed E-state index contributed by atoms with van der Waals surface area (Å²) < 4.78 is 0. The molecule has 19 heavy (non-hydrogen) atoms. The van der Waals surface area contributed by atoms with Crippen LogP contribution in [0.4, 0.5) is 0 Å². The first-order valence-corrected chi connectivity index (χ1v) is 5.80. The number of pyridine rings is 2. The molecule has 0 radical (unpaired) electrons. The first-order chi connectivity index (χ1) is 9.28. The summed E-state index contributed by atoms with van der Waals surface area (Å²) in [5.41, 5.74) is 2.64. The van der Waals surface area contributed by atoms with E-state index in [4.69, 9.17) is 0 Å². The van der Waals surface area contributed by atoms with Crippen LogP contribution in [-0.4, -0.2) is 16.3 Å². The molecule has 2 aromatic heterocycles. The summed E-state index contributed by atoms with van der Waals surface area (Å²) >= 11 is 0. The molecule has 3 rings (SSSR count). The molecule has 0 atom stereocenters. The minimum atomic E-state index is -0.115. The molecule has 3 aromatic rings. The molecule has 0 bridgehead atoms. The maximum absolute atomic E-state index is 12.1. The van der Waals surface area contributed by atoms with Gasteiger partial charge in [-0.3, -0.25) is 14.6 Å². The fraction of sp³-hybridized carbons (Fsp3) is 0. The van der Waals surface area contributed by atoms with E-state index in [1.165, 1.54) is 6.07 Å². The molecule has 0 aliphatic heterocycles. The Labute approximate surface area is 108 Å². The molecule has 0 saturated carbocycles. The lowest BCUT2D eigenvalue weighted by molar-refractivity contribution is 0.112. The zero-order valence-corrected chi connectivity index (χ0v) is 9.96. The molecule has 0 saturated heterocycles. The summed E-state index contributed by atoms with van der Waals surface area (Å²) in [6.07, 6.45) is 4.10. The summed E-state index contributed by atoms with van der Waals surface area (Å²) in [5, 5.41) is 0.511. The minimum absolute atomic E-state index is 0.115. The normalized spacial score (nSPS) is 10.5. The summed E-state index contributed by atoms with van der Waals surface area (Å²) in [6, 6.07) is 10.2. The second-order valence-electron chi connectivity index (χ2n) is 4.21. The third-order valence-electron chi connectivity index (χ3n) is 2.96. The zero-order valence-electron chi connectivity index (χ0n) is 9.96. The number of carbonyl (C=O) groups excluding carboxylic acids is 1. The van der Waals surface area contributed by atoms with Crippen molar-refractivity contribution in [2.24, 2.45) is 0 Å². The van der Waals surface area contributed by atoms with Crippen molar-refractivity contribution >= 4 is 17.2 Å². The van der Waals surface area contributed by atoms with Crippen LogP contribution >= 0.6 is 0 Å². The number of benzene rings is 1. The predicted molar refractivity (Wildman–Crippen MR) is 73.2 cm³/mol. The van der Waals surface area contributed by atoms with Crippen LogP contribution in [0.5, 0.6) is 0 Å². The van der Waals surface area contributed by atoms with Gasteiger partial charge in [0.25, 0.3) is 0 Å². The van der Waals surface area contributed by atoms with E-state index in [0.29, 0.717) is 22.2 Å². The Bertz CT molecular complexity index is 807. The van der Waals surface area contributed by atoms with Gasteiger partial charge in [-0.2, -0.15) is 0 Å². The summed E-state index contributed by atoms with van der Waals surface area (Å²) in [4.78, 5) is 30.0. The van der Waals surface area contributed by atoms with Gasteiger partial charge in [-0.25, -0.2) is 0 Å². The number of rotatable bonds is 2. The third-order valence-corrected chi connectivity index (χ3v) is 2.96. The smallest absolute Gasteiger partial charge is 0.190 e. The molecule has 0 amide bonds. The average molecular weight is 250 g/mol. The molecule has 1 aromatic carbocycles. The van der Waals surface area contributed by atoms with Crippen molar-refractivity contribution < 1.29 is 4.79 Å². The number of fused-ring (bicyclic) bond motifs is 1. The Morgan fingerprint density at radius 1 is 1.16 bits per heavy atom. The summed E-state index contributed by atoms with van der Waals surface area (Å²) in [7, 11) is 0. The van der Waals surface area contributed by atoms with Gasteiger partial charge < -0.3 is 4.98 Å². The van der Waals surface area contributed by atoms with Gasteiger partial charge in [0.05, 0.1) is 5.69 Å². The van der Waals surface area contributed by atoms with Gasteiger partial charge in [-0.1, -0.05) is 0 Å². The summed E-state index contributed by atoms with van der Waals surface area (Å²) in [6.45, 7) is 0. The molecule has 0 unspecified atom stereocenters. The molecule has 0 aliphatic carbocycles. The molecular weight excluding hydrogens is 240 g/mol. The van der Waals surface area contributed by atoms with E-state index < -0.39 is 0 Å². The Morgan fingerprint density at radius 3 is 2.79 bits per heavy atom. The number of aldehydes is 1. The van der Waals surface area contributed by atoms with Crippen LogP contribution < -0.4 is 5.43 Å². The van der Waals surface area contributed by atoms with Crippen LogP contribution in [0.25, 0.3) is 22.2 Å². The third kappa shape index (κ3) is 2.04. The molecule has 0 fully saturated rings. The zero-order chi connectivity index (χ0) is 13.2. The minimum Gasteiger partial charge on any atom is -0.354 e. The van der Waals surface area contributed by atoms with E-state index >= 15 is 0 Å². The number of H-pyrrole nitrogens is 1. The van der Waals surface area contributed by atoms with Gasteiger partial charge in [0.1, 0.15) is 6.29 Å². The van der Waals surface area contributed by atoms with Crippen molar-refractivity contribution in [2.75, 3.05) is 0 Å². The largest absolute Gasteiger partial charge is 0.354 e. The highest BCUT2D eigenvalue weighted by molar-refractivity contribution is 5.87. The second kappa shape index (κ2) is 4.49. The van der Waals surface area contributed by atoms with E-state index in [9.17, 15) is 9.59 Å². The predicted octanol–water partition coefficient (Wildman–Crippen LogP) is 2.40. The Morgan fingerprint density at radius 2 is 2.05 bits per heavy atom. The maximum atomic E-state index is 12.1. The van der Waals surface area contributed by atoms with E-state index in [1.807, 2.05) is 12.1 Å². The molecule has 0 spiro atoms. The highest BCUT2D eigenvalue weighted by atomic mass is 16.1. The van der Waals surface area contributed by atoms with Crippen LogP contribution in [0.15, 0.2) is 53.6 Å². The number of hydrogen-bond acceptors (Lipinski definition) is 3. The first kappa shape index (κ1) is 11.3. The number of carbonyl (C=O) groups is 1. The van der Waals surface area contributed by atoms with Gasteiger partial charge in [0.2, 0.25) is 0 Å². The van der Waals surface area contributed by atoms with Crippen molar-refractivity contribution in [2.45, 2.75) is 0 Å². The Kier molecular flexibility index (Phi) is 2.68. The monoisotopic (exact) mass is 250 g/mol. The molecule has 4 nitrogen and oxygen atoms in total. The lowest BCUT2D eigenvalue weighted by atomic mass is 10.1. The van der Waals surface area contributed by atoms with Crippen molar-refractivity contribution in [3.63, 3.8) is 0 Å². The fourth-order valence-electron chi connectivity index (χ4n) is 2.02. The molecule has 2 heterocycles. The lowest BCUT2D eigenvalue weighted by Crippen LogP contribution is -2.03. The number of nitrogens with zero attached hydrogens (tertiary/aromatic N) is 1. The molecular formula is C15H10N2O2. The second-order valence-corrected chi connectivity index (χ2v) is 4.21. The number of hydrogen-bond donors (Lipinski definition) is 1. The van der Waals surface area contributed by atoms with Gasteiger partial charge in [-0.05, 0) is 30.3 Å². The highest BCUT2D eigenvalue weighted by Gasteiger charge is 2.05. The van der Waals surface area contributed by atoms with Crippen LogP contribution in [0.1, 0.15) is 10.4 Å². The van der Waals surface area contributed by atoms with Crippen LogP contribution in [0.2, 0.25) is 0 Å². The van der Waals surface area contributed by atoms with Gasteiger partial charge >= 0.3 is 0 Å². The summed E-state index contributed by atoms with van der Waals surface area (Å²) in [5.74, 6) is 0. The number of aromatic nitrogens is 2. The van der Waals surface area contributed by atoms with E-state index in [1.54, 1.807) is 30.6 Å². The van der Waals surface area contributed by atoms with Gasteiger partial charge in [-0.15, -0.1) is 0 Å². The van der Waals surface area contributed by atoms with Crippen LogP contribution in [-0.2, 0) is 0 Å². The standard InChI is InChI=1S/C15H10N2O2/c18-9-10-3-4-13-12(6-10)15(19)7-14(17-13)11-2-1-5-16-8-11/h1-9H,(H,17,19). The maximum Gasteiger partial charge on any atom is 0.190 e. The van der Waals surface area contributed by atoms with Gasteiger partial charge in [0.15, 0.2) is 5.43 Å². The number of nitrogens with one attached hydrogen (secondary N) is 1. The SMILES string of the molecule is O=Cc1ccc2[nH]c(-c3cccnc3)cc(=O)c2c1. The average Bonchev–Trinajstić information content (AvgIpc) is 2.48. The van der Waals surface area contributed by atoms with Crippen molar-refractivity contribution in [3.8, 4) is 11.3 Å². The van der Waals surface area contributed by atoms with E-state index in [-0.39, 0.29) is 5.43 Å². The van der Waals surface area contributed by atoms with Crippen LogP contribution in [0, 0.1) is 0 Å². The molecule has 4 heteroatoms. The molecule has 0 aliphatic rings. The fourth-order valence-corrected chi connectivity index (χ4v) is 2.02. The van der Waals surface area contributed by atoms with Crippen molar-refractivity contribution in [1.29, 1.82) is 0 Å². The Balaban J connectivity index is 2.26. The van der Waals surface area contributed by atoms with Gasteiger partial charge in [0, 0.05) is 40.5 Å². The molecule has 92 valence electrons. The highest BCUT2D eigenvalue weighted by Crippen LogP contribution is 2.17. The van der Waals surface area contributed by atoms with Crippen molar-refractivity contribution in [3.05, 3.63) is 64.6 Å². The quantitative estimate of drug-likeness (QED) is 0.710. The first-order valence-electron chi connectivity index (χ1n) is 5.80. The molecule has 1 N–H and O–H groups in total. The number of aromatic amines is 1. The van der Waals surface area contributed by atoms with Crippen molar-refractivity contribution in [1.82, 2.24) is 9.97 Å². The Hall–Kier alpha value is -2.75.